The third-order valence-electron chi connectivity index (χ3n) is 4.45. The molecule has 0 fully saturated rings. The molecule has 0 saturated heterocycles. The number of hydrogen-bond donors (Lipinski definition) is 1. The van der Waals surface area contributed by atoms with Crippen LogP contribution in [0, 0.1) is 5.92 Å². The van der Waals surface area contributed by atoms with E-state index in [1.54, 1.807) is 6.21 Å². The molecule has 0 spiro atoms. The Balaban J connectivity index is 1.97. The third-order valence-corrected chi connectivity index (χ3v) is 5.63. The molecular weight excluding hydrogens is 312 g/mol. The first-order valence-corrected chi connectivity index (χ1v) is 9.87. The summed E-state index contributed by atoms with van der Waals surface area (Å²) < 4.78 is 24.2. The van der Waals surface area contributed by atoms with Crippen LogP contribution in [0.1, 0.15) is 44.6 Å². The molecule has 1 aromatic rings. The summed E-state index contributed by atoms with van der Waals surface area (Å²) >= 11 is 0. The monoisotopic (exact) mass is 337 g/mol. The number of benzene rings is 1. The minimum Gasteiger partial charge on any atom is -0.326 e. The van der Waals surface area contributed by atoms with Gasteiger partial charge in [-0.3, -0.25) is 4.79 Å². The molecule has 0 saturated carbocycles. The lowest BCUT2D eigenvalue weighted by molar-refractivity contribution is -0.369. The summed E-state index contributed by atoms with van der Waals surface area (Å²) in [5, 5.41) is 2.92. The topological polar surface area (TPSA) is 66.2 Å². The predicted molar refractivity (Wildman–Crippen MR) is 92.5 cm³/mol. The SMILES string of the molecule is CCC(C)c1ccc(NC(=O)[C@@H]2CC=[N+](S(C)(=O)=O)CC2)cc1. The highest BCUT2D eigenvalue weighted by Crippen LogP contribution is 2.21. The average Bonchev–Trinajstić information content (AvgIpc) is 2.54. The van der Waals surface area contributed by atoms with Gasteiger partial charge in [0, 0.05) is 18.5 Å². The van der Waals surface area contributed by atoms with Crippen LogP contribution >= 0.6 is 0 Å². The van der Waals surface area contributed by atoms with E-state index >= 15 is 0 Å². The molecule has 0 bridgehead atoms. The lowest BCUT2D eigenvalue weighted by atomic mass is 9.97. The second kappa shape index (κ2) is 7.25. The van der Waals surface area contributed by atoms with Crippen molar-refractivity contribution in [3.8, 4) is 0 Å². The van der Waals surface area contributed by atoms with Gasteiger partial charge < -0.3 is 5.32 Å². The van der Waals surface area contributed by atoms with Crippen LogP contribution in [-0.2, 0) is 14.8 Å². The van der Waals surface area contributed by atoms with E-state index in [0.717, 1.165) is 12.1 Å². The van der Waals surface area contributed by atoms with E-state index in [1.807, 2.05) is 24.3 Å². The Hall–Kier alpha value is -1.69. The molecule has 2 atom stereocenters. The van der Waals surface area contributed by atoms with Crippen molar-refractivity contribution in [1.82, 2.24) is 0 Å². The number of rotatable bonds is 5. The molecule has 126 valence electrons. The number of carbonyl (C=O) groups is 1. The number of hydrogen-bond acceptors (Lipinski definition) is 3. The van der Waals surface area contributed by atoms with Gasteiger partial charge in [0.1, 0.15) is 0 Å². The highest BCUT2D eigenvalue weighted by molar-refractivity contribution is 7.84. The van der Waals surface area contributed by atoms with E-state index in [0.29, 0.717) is 25.3 Å². The molecular formula is C17H25N2O3S+. The second-order valence-corrected chi connectivity index (χ2v) is 8.13. The van der Waals surface area contributed by atoms with Gasteiger partial charge in [-0.05, 0) is 30.0 Å². The second-order valence-electron chi connectivity index (χ2n) is 6.20. The van der Waals surface area contributed by atoms with E-state index in [4.69, 9.17) is 0 Å². The van der Waals surface area contributed by atoms with Gasteiger partial charge in [-0.25, -0.2) is 0 Å². The van der Waals surface area contributed by atoms with E-state index in [9.17, 15) is 13.2 Å². The lowest BCUT2D eigenvalue weighted by Crippen LogP contribution is -2.34. The van der Waals surface area contributed by atoms with E-state index in [1.165, 1.54) is 15.8 Å². The van der Waals surface area contributed by atoms with Gasteiger partial charge in [-0.1, -0.05) is 26.0 Å². The summed E-state index contributed by atoms with van der Waals surface area (Å²) in [5.41, 5.74) is 2.05. The van der Waals surface area contributed by atoms with Crippen molar-refractivity contribution >= 4 is 27.8 Å². The fourth-order valence-electron chi connectivity index (χ4n) is 2.65. The average molecular weight is 337 g/mol. The standard InChI is InChI=1S/C17H24N2O3S/c1-4-13(2)14-5-7-16(8-6-14)18-17(20)15-9-11-19(12-10-15)23(3,21)22/h5-8,11,13,15H,4,9-10,12H2,1-3H3/p+1/t13?,15-/m1/s1. The van der Waals surface area contributed by atoms with Crippen LogP contribution in [0.4, 0.5) is 5.69 Å². The number of amides is 1. The van der Waals surface area contributed by atoms with Gasteiger partial charge in [0.25, 0.3) is 0 Å². The molecule has 0 aliphatic carbocycles. The molecule has 1 aliphatic rings. The van der Waals surface area contributed by atoms with E-state index in [2.05, 4.69) is 19.2 Å². The van der Waals surface area contributed by atoms with Crippen molar-refractivity contribution in [2.24, 2.45) is 5.92 Å². The van der Waals surface area contributed by atoms with Crippen molar-refractivity contribution in [1.29, 1.82) is 0 Å². The number of nitrogens with zero attached hydrogens (tertiary/aromatic N) is 1. The zero-order valence-corrected chi connectivity index (χ0v) is 14.8. The Morgan fingerprint density at radius 3 is 2.48 bits per heavy atom. The van der Waals surface area contributed by atoms with Gasteiger partial charge in [-0.2, -0.15) is 8.42 Å². The largest absolute Gasteiger partial charge is 0.361 e. The summed E-state index contributed by atoms with van der Waals surface area (Å²) in [6, 6.07) is 7.94. The Morgan fingerprint density at radius 1 is 1.35 bits per heavy atom. The van der Waals surface area contributed by atoms with Crippen LogP contribution in [0.15, 0.2) is 24.3 Å². The molecule has 1 unspecified atom stereocenters. The van der Waals surface area contributed by atoms with Gasteiger partial charge in [0.2, 0.25) is 5.91 Å². The van der Waals surface area contributed by atoms with E-state index in [-0.39, 0.29) is 11.8 Å². The highest BCUT2D eigenvalue weighted by Gasteiger charge is 2.29. The first-order chi connectivity index (χ1) is 10.8. The third kappa shape index (κ3) is 4.64. The van der Waals surface area contributed by atoms with Crippen LogP contribution in [0.2, 0.25) is 0 Å². The fraction of sp³-hybridized carbons (Fsp3) is 0.529. The van der Waals surface area contributed by atoms with Crippen molar-refractivity contribution in [3.05, 3.63) is 29.8 Å². The maximum atomic E-state index is 12.3. The van der Waals surface area contributed by atoms with Gasteiger partial charge >= 0.3 is 10.0 Å². The van der Waals surface area contributed by atoms with Crippen LogP contribution < -0.4 is 5.32 Å². The lowest BCUT2D eigenvalue weighted by Gasteiger charge is -2.17. The van der Waals surface area contributed by atoms with Crippen LogP contribution in [0.3, 0.4) is 0 Å². The van der Waals surface area contributed by atoms with Gasteiger partial charge in [0.05, 0.1) is 12.2 Å². The smallest absolute Gasteiger partial charge is 0.326 e. The Bertz CT molecular complexity index is 693. The summed E-state index contributed by atoms with van der Waals surface area (Å²) in [6.07, 6.45) is 4.86. The normalized spacial score (nSPS) is 19.8. The first-order valence-electron chi connectivity index (χ1n) is 8.02. The summed E-state index contributed by atoms with van der Waals surface area (Å²) in [5.74, 6) is 0.280. The zero-order valence-electron chi connectivity index (χ0n) is 14.0. The van der Waals surface area contributed by atoms with Crippen molar-refractivity contribution in [2.45, 2.75) is 39.0 Å². The van der Waals surface area contributed by atoms with Crippen molar-refractivity contribution in [3.63, 3.8) is 0 Å². The highest BCUT2D eigenvalue weighted by atomic mass is 32.2. The van der Waals surface area contributed by atoms with Gasteiger partial charge in [-0.15, -0.1) is 3.98 Å². The molecule has 23 heavy (non-hydrogen) atoms. The molecule has 0 radical (unpaired) electrons. The molecule has 6 heteroatoms. The Labute approximate surface area is 138 Å². The Morgan fingerprint density at radius 2 is 2.00 bits per heavy atom. The molecule has 1 aromatic carbocycles. The quantitative estimate of drug-likeness (QED) is 0.840. The predicted octanol–water partition coefficient (Wildman–Crippen LogP) is 2.59. The Kier molecular flexibility index (Phi) is 5.57. The minimum atomic E-state index is -3.20. The van der Waals surface area contributed by atoms with Crippen LogP contribution in [0.5, 0.6) is 0 Å². The van der Waals surface area contributed by atoms with Crippen molar-refractivity contribution in [2.75, 3.05) is 18.1 Å². The number of sulfonamides is 1. The number of nitrogens with one attached hydrogen (secondary N) is 1. The maximum Gasteiger partial charge on any atom is 0.361 e. The molecule has 0 aromatic heterocycles. The summed E-state index contributed by atoms with van der Waals surface area (Å²) in [7, 11) is -3.20. The van der Waals surface area contributed by atoms with Crippen molar-refractivity contribution < 1.29 is 17.2 Å². The molecule has 2 rings (SSSR count). The van der Waals surface area contributed by atoms with Crippen LogP contribution in [-0.4, -0.2) is 37.3 Å². The molecule has 1 aliphatic heterocycles. The number of carbonyl (C=O) groups excluding carboxylic acids is 1. The van der Waals surface area contributed by atoms with Gasteiger partial charge in [0.15, 0.2) is 12.8 Å². The minimum absolute atomic E-state index is 0.0503. The molecule has 1 N–H and O–H groups in total. The van der Waals surface area contributed by atoms with Crippen LogP contribution in [0.25, 0.3) is 0 Å². The summed E-state index contributed by atoms with van der Waals surface area (Å²) in [4.78, 5) is 12.3. The molecule has 1 heterocycles. The first kappa shape index (κ1) is 17.7. The summed E-state index contributed by atoms with van der Waals surface area (Å²) in [6.45, 7) is 4.70. The molecule has 1 amide bonds. The molecule has 5 nitrogen and oxygen atoms in total. The maximum absolute atomic E-state index is 12.3. The fourth-order valence-corrected chi connectivity index (χ4v) is 3.45. The van der Waals surface area contributed by atoms with E-state index < -0.39 is 10.0 Å². The zero-order chi connectivity index (χ0) is 17.0. The number of anilines is 1.